The van der Waals surface area contributed by atoms with Crippen molar-refractivity contribution in [1.82, 2.24) is 9.80 Å². The van der Waals surface area contributed by atoms with Crippen LogP contribution in [0.3, 0.4) is 0 Å². The van der Waals surface area contributed by atoms with E-state index < -0.39 is 6.10 Å². The van der Waals surface area contributed by atoms with Crippen LogP contribution >= 0.6 is 0 Å². The summed E-state index contributed by atoms with van der Waals surface area (Å²) >= 11 is 0. The number of likely N-dealkylation sites (tertiary alicyclic amines) is 2. The predicted octanol–water partition coefficient (Wildman–Crippen LogP) is 1.09. The fourth-order valence-corrected chi connectivity index (χ4v) is 3.18. The molecule has 2 heterocycles. The molecular weight excluding hydrogens is 292 g/mol. The van der Waals surface area contributed by atoms with Gasteiger partial charge in [-0.3, -0.25) is 4.90 Å². The highest BCUT2D eigenvalue weighted by Gasteiger charge is 2.19. The maximum atomic E-state index is 10.2. The normalized spacial score (nSPS) is 21.8. The van der Waals surface area contributed by atoms with Crippen LogP contribution in [0.4, 0.5) is 0 Å². The van der Waals surface area contributed by atoms with E-state index in [9.17, 15) is 10.2 Å². The molecule has 128 valence electrons. The van der Waals surface area contributed by atoms with Crippen molar-refractivity contribution >= 4 is 0 Å². The molecular formula is C18H28N2O3. The quantitative estimate of drug-likeness (QED) is 0.788. The number of benzene rings is 1. The monoisotopic (exact) mass is 320 g/mol. The number of ether oxygens (including phenoxy) is 1. The zero-order valence-corrected chi connectivity index (χ0v) is 13.7. The van der Waals surface area contributed by atoms with Gasteiger partial charge in [0, 0.05) is 26.2 Å². The van der Waals surface area contributed by atoms with Crippen LogP contribution in [0.1, 0.15) is 24.8 Å². The molecule has 2 aliphatic rings. The molecule has 5 heteroatoms. The fourth-order valence-electron chi connectivity index (χ4n) is 3.18. The Morgan fingerprint density at radius 2 is 1.91 bits per heavy atom. The van der Waals surface area contributed by atoms with E-state index in [0.29, 0.717) is 13.2 Å². The van der Waals surface area contributed by atoms with Crippen LogP contribution in [-0.4, -0.2) is 71.6 Å². The molecule has 0 aliphatic carbocycles. The predicted molar refractivity (Wildman–Crippen MR) is 89.5 cm³/mol. The number of β-amino-alcohol motifs (C(OH)–C–C–N with tert-alkyl or cyclic N) is 1. The van der Waals surface area contributed by atoms with Crippen LogP contribution in [0.25, 0.3) is 0 Å². The minimum Gasteiger partial charge on any atom is -0.491 e. The molecule has 2 saturated heterocycles. The zero-order valence-electron chi connectivity index (χ0n) is 13.7. The Morgan fingerprint density at radius 1 is 1.13 bits per heavy atom. The Labute approximate surface area is 138 Å². The third-order valence-corrected chi connectivity index (χ3v) is 4.72. The second-order valence-corrected chi connectivity index (χ2v) is 6.77. The van der Waals surface area contributed by atoms with Crippen molar-refractivity contribution in [2.24, 2.45) is 0 Å². The molecule has 5 nitrogen and oxygen atoms in total. The Bertz CT molecular complexity index is 485. The average molecular weight is 320 g/mol. The van der Waals surface area contributed by atoms with Crippen molar-refractivity contribution in [3.05, 3.63) is 29.8 Å². The largest absolute Gasteiger partial charge is 0.491 e. The van der Waals surface area contributed by atoms with Crippen molar-refractivity contribution in [3.8, 4) is 5.75 Å². The minimum atomic E-state index is -0.496. The highest BCUT2D eigenvalue weighted by molar-refractivity contribution is 5.28. The molecule has 1 aromatic rings. The molecule has 0 saturated carbocycles. The summed E-state index contributed by atoms with van der Waals surface area (Å²) in [5.41, 5.74) is 1.27. The summed E-state index contributed by atoms with van der Waals surface area (Å²) in [5.74, 6) is 0.830. The first kappa shape index (κ1) is 16.7. The van der Waals surface area contributed by atoms with Gasteiger partial charge in [-0.05, 0) is 50.0 Å². The summed E-state index contributed by atoms with van der Waals surface area (Å²) in [6.45, 7) is 5.98. The summed E-state index contributed by atoms with van der Waals surface area (Å²) in [6, 6.07) is 8.16. The van der Waals surface area contributed by atoms with Gasteiger partial charge >= 0.3 is 0 Å². The summed E-state index contributed by atoms with van der Waals surface area (Å²) in [7, 11) is 0. The Balaban J connectivity index is 1.41. The number of hydrogen-bond acceptors (Lipinski definition) is 5. The summed E-state index contributed by atoms with van der Waals surface area (Å²) in [4.78, 5) is 4.61. The van der Waals surface area contributed by atoms with E-state index in [1.165, 1.54) is 25.1 Å². The third kappa shape index (κ3) is 5.18. The van der Waals surface area contributed by atoms with Gasteiger partial charge in [-0.1, -0.05) is 12.1 Å². The molecule has 3 rings (SSSR count). The molecule has 2 N–H and O–H groups in total. The van der Waals surface area contributed by atoms with Gasteiger partial charge in [-0.2, -0.15) is 0 Å². The standard InChI is InChI=1S/C18H28N2O3/c21-16-5-9-20(10-6-16)13-17(22)14-23-18-4-1-3-15(11-18)12-19-7-2-8-19/h1,3-4,11,16-17,21-22H,2,5-10,12-14H2. The van der Waals surface area contributed by atoms with Gasteiger partial charge in [-0.25, -0.2) is 0 Å². The molecule has 1 aromatic carbocycles. The third-order valence-electron chi connectivity index (χ3n) is 4.72. The van der Waals surface area contributed by atoms with E-state index in [-0.39, 0.29) is 6.10 Å². The Hall–Kier alpha value is -1.14. The van der Waals surface area contributed by atoms with Crippen LogP contribution in [0.5, 0.6) is 5.75 Å². The number of aliphatic hydroxyl groups is 2. The lowest BCUT2D eigenvalue weighted by atomic mass is 10.1. The maximum Gasteiger partial charge on any atom is 0.119 e. The van der Waals surface area contributed by atoms with Crippen molar-refractivity contribution in [2.45, 2.75) is 38.0 Å². The van der Waals surface area contributed by atoms with E-state index in [4.69, 9.17) is 4.74 Å². The second-order valence-electron chi connectivity index (χ2n) is 6.77. The van der Waals surface area contributed by atoms with Gasteiger partial charge in [0.15, 0.2) is 0 Å². The Morgan fingerprint density at radius 3 is 2.61 bits per heavy atom. The van der Waals surface area contributed by atoms with Crippen molar-refractivity contribution in [3.63, 3.8) is 0 Å². The highest BCUT2D eigenvalue weighted by Crippen LogP contribution is 2.18. The van der Waals surface area contributed by atoms with E-state index >= 15 is 0 Å². The minimum absolute atomic E-state index is 0.172. The second kappa shape index (κ2) is 8.11. The first-order valence-corrected chi connectivity index (χ1v) is 8.71. The molecule has 1 atom stereocenters. The summed E-state index contributed by atoms with van der Waals surface area (Å²) in [5, 5.41) is 19.7. The number of piperidine rings is 1. The summed E-state index contributed by atoms with van der Waals surface area (Å²) < 4.78 is 5.76. The lowest BCUT2D eigenvalue weighted by Gasteiger charge is -2.31. The van der Waals surface area contributed by atoms with Crippen LogP contribution in [-0.2, 0) is 6.54 Å². The van der Waals surface area contributed by atoms with E-state index in [1.807, 2.05) is 12.1 Å². The SMILES string of the molecule is OC1CCN(CC(O)COc2cccc(CN3CCC3)c2)CC1. The summed E-state index contributed by atoms with van der Waals surface area (Å²) in [6.07, 6.45) is 2.23. The van der Waals surface area contributed by atoms with E-state index in [2.05, 4.69) is 21.9 Å². The smallest absolute Gasteiger partial charge is 0.119 e. The van der Waals surface area contributed by atoms with E-state index in [1.54, 1.807) is 0 Å². The number of aliphatic hydroxyl groups excluding tert-OH is 2. The van der Waals surface area contributed by atoms with E-state index in [0.717, 1.165) is 38.2 Å². The van der Waals surface area contributed by atoms with Crippen molar-refractivity contribution in [1.29, 1.82) is 0 Å². The van der Waals surface area contributed by atoms with Crippen LogP contribution in [0, 0.1) is 0 Å². The number of rotatable bonds is 7. The molecule has 1 unspecified atom stereocenters. The topological polar surface area (TPSA) is 56.2 Å². The van der Waals surface area contributed by atoms with Crippen LogP contribution < -0.4 is 4.74 Å². The van der Waals surface area contributed by atoms with Gasteiger partial charge in [0.25, 0.3) is 0 Å². The first-order chi connectivity index (χ1) is 11.2. The van der Waals surface area contributed by atoms with Crippen LogP contribution in [0.15, 0.2) is 24.3 Å². The Kier molecular flexibility index (Phi) is 5.89. The molecule has 0 spiro atoms. The molecule has 0 aromatic heterocycles. The van der Waals surface area contributed by atoms with Gasteiger partial charge in [0.05, 0.1) is 6.10 Å². The molecule has 0 amide bonds. The average Bonchev–Trinajstić information content (AvgIpc) is 2.52. The lowest BCUT2D eigenvalue weighted by molar-refractivity contribution is 0.0337. The fraction of sp³-hybridized carbons (Fsp3) is 0.667. The molecule has 0 radical (unpaired) electrons. The van der Waals surface area contributed by atoms with Crippen molar-refractivity contribution in [2.75, 3.05) is 39.3 Å². The number of hydrogen-bond donors (Lipinski definition) is 2. The molecule has 23 heavy (non-hydrogen) atoms. The zero-order chi connectivity index (χ0) is 16.1. The maximum absolute atomic E-state index is 10.2. The van der Waals surface area contributed by atoms with Gasteiger partial charge in [-0.15, -0.1) is 0 Å². The number of nitrogens with zero attached hydrogens (tertiary/aromatic N) is 2. The van der Waals surface area contributed by atoms with Crippen molar-refractivity contribution < 1.29 is 14.9 Å². The molecule has 0 bridgehead atoms. The first-order valence-electron chi connectivity index (χ1n) is 8.71. The van der Waals surface area contributed by atoms with Gasteiger partial charge < -0.3 is 19.8 Å². The lowest BCUT2D eigenvalue weighted by Crippen LogP contribution is -2.41. The van der Waals surface area contributed by atoms with Gasteiger partial charge in [0.2, 0.25) is 0 Å². The highest BCUT2D eigenvalue weighted by atomic mass is 16.5. The van der Waals surface area contributed by atoms with Crippen LogP contribution in [0.2, 0.25) is 0 Å². The molecule has 2 aliphatic heterocycles. The van der Waals surface area contributed by atoms with Gasteiger partial charge in [0.1, 0.15) is 18.5 Å². The molecule has 2 fully saturated rings.